The van der Waals surface area contributed by atoms with Crippen molar-refractivity contribution in [3.05, 3.63) is 71.4 Å². The molecule has 0 spiro atoms. The molecule has 3 heterocycles. The van der Waals surface area contributed by atoms with Gasteiger partial charge in [0.15, 0.2) is 0 Å². The molecule has 3 N–H and O–H groups in total. The van der Waals surface area contributed by atoms with Crippen molar-refractivity contribution in [3.8, 4) is 0 Å². The molecule has 1 fully saturated rings. The Labute approximate surface area is 187 Å². The molecule has 2 unspecified atom stereocenters. The molecule has 2 aromatic carbocycles. The number of benzene rings is 2. The number of aromatic amines is 1. The van der Waals surface area contributed by atoms with Crippen molar-refractivity contribution in [1.82, 2.24) is 9.88 Å². The summed E-state index contributed by atoms with van der Waals surface area (Å²) in [6.07, 6.45) is 9.09. The van der Waals surface area contributed by atoms with Crippen molar-refractivity contribution in [1.29, 1.82) is 0 Å². The summed E-state index contributed by atoms with van der Waals surface area (Å²) in [6, 6.07) is 21.2. The second-order valence-electron chi connectivity index (χ2n) is 8.66. The molecule has 2 aliphatic rings. The number of hydrogen-bond acceptors (Lipinski definition) is 3. The molecule has 0 radical (unpaired) electrons. The van der Waals surface area contributed by atoms with Gasteiger partial charge >= 0.3 is 11.9 Å². The Bertz CT molecular complexity index is 1060. The number of H-pyrrole nitrogens is 1. The number of aliphatic carboxylic acids is 2. The number of nitrogens with one attached hydrogen (secondary N) is 1. The Morgan fingerprint density at radius 1 is 0.938 bits per heavy atom. The van der Waals surface area contributed by atoms with Gasteiger partial charge in [-0.2, -0.15) is 0 Å². The fourth-order valence-corrected chi connectivity index (χ4v) is 5.27. The van der Waals surface area contributed by atoms with E-state index < -0.39 is 11.9 Å². The molecule has 0 aliphatic carbocycles. The average Bonchev–Trinajstić information content (AvgIpc) is 3.15. The third-order valence-corrected chi connectivity index (χ3v) is 6.64. The fourth-order valence-electron chi connectivity index (χ4n) is 5.27. The number of unbranched alkanes of at least 4 members (excludes halogenated alkanes) is 1. The normalized spacial score (nSPS) is 19.6. The van der Waals surface area contributed by atoms with Gasteiger partial charge in [-0.1, -0.05) is 48.5 Å². The van der Waals surface area contributed by atoms with Crippen LogP contribution in [-0.2, 0) is 22.4 Å². The molecule has 2 bridgehead atoms. The zero-order chi connectivity index (χ0) is 22.5. The molecule has 1 aromatic heterocycles. The van der Waals surface area contributed by atoms with Gasteiger partial charge in [-0.15, -0.1) is 0 Å². The van der Waals surface area contributed by atoms with Crippen LogP contribution in [0.1, 0.15) is 55.0 Å². The van der Waals surface area contributed by atoms with Gasteiger partial charge in [-0.25, -0.2) is 9.59 Å². The zero-order valence-corrected chi connectivity index (χ0v) is 18.2. The van der Waals surface area contributed by atoms with Crippen LogP contribution in [0.15, 0.2) is 54.6 Å². The van der Waals surface area contributed by atoms with E-state index in [1.54, 1.807) is 5.56 Å². The number of carboxylic acids is 2. The summed E-state index contributed by atoms with van der Waals surface area (Å²) in [5.74, 6) is -3.65. The lowest BCUT2D eigenvalue weighted by Crippen LogP contribution is -2.46. The molecule has 1 saturated heterocycles. The van der Waals surface area contributed by atoms with E-state index in [1.165, 1.54) is 73.7 Å². The summed E-state index contributed by atoms with van der Waals surface area (Å²) in [6.45, 7) is 1.25. The molecule has 5 rings (SSSR count). The molecule has 168 valence electrons. The molecule has 32 heavy (non-hydrogen) atoms. The first kappa shape index (κ1) is 22.1. The van der Waals surface area contributed by atoms with E-state index in [-0.39, 0.29) is 0 Å². The predicted molar refractivity (Wildman–Crippen MR) is 124 cm³/mol. The number of aromatic nitrogens is 1. The number of fused-ring (bicyclic) bond motifs is 6. The van der Waals surface area contributed by atoms with Crippen molar-refractivity contribution in [2.24, 2.45) is 0 Å². The molecule has 6 nitrogen and oxygen atoms in total. The van der Waals surface area contributed by atoms with E-state index in [1.807, 2.05) is 0 Å². The van der Waals surface area contributed by atoms with Crippen LogP contribution < -0.4 is 0 Å². The lowest BCUT2D eigenvalue weighted by atomic mass is 9.82. The number of hydrogen-bond donors (Lipinski definition) is 3. The van der Waals surface area contributed by atoms with Gasteiger partial charge in [0.05, 0.1) is 0 Å². The highest BCUT2D eigenvalue weighted by Gasteiger charge is 2.38. The van der Waals surface area contributed by atoms with Crippen molar-refractivity contribution in [2.75, 3.05) is 6.54 Å². The van der Waals surface area contributed by atoms with Crippen molar-refractivity contribution in [2.45, 2.75) is 57.0 Å². The lowest BCUT2D eigenvalue weighted by Gasteiger charge is -2.46. The van der Waals surface area contributed by atoms with Crippen LogP contribution in [0, 0.1) is 0 Å². The first-order valence-corrected chi connectivity index (χ1v) is 11.4. The Kier molecular flexibility index (Phi) is 6.90. The maximum Gasteiger partial charge on any atom is 0.414 e. The molecular weight excluding hydrogens is 404 g/mol. The highest BCUT2D eigenvalue weighted by Crippen LogP contribution is 2.44. The molecule has 2 aliphatic heterocycles. The number of carbonyl (C=O) groups is 2. The lowest BCUT2D eigenvalue weighted by molar-refractivity contribution is -0.159. The fraction of sp³-hybridized carbons (Fsp3) is 0.385. The summed E-state index contributed by atoms with van der Waals surface area (Å²) < 4.78 is 0. The summed E-state index contributed by atoms with van der Waals surface area (Å²) in [7, 11) is 0. The number of piperidine rings is 1. The Hall–Kier alpha value is -3.12. The quantitative estimate of drug-likeness (QED) is 0.396. The second-order valence-corrected chi connectivity index (χ2v) is 8.66. The summed E-state index contributed by atoms with van der Waals surface area (Å²) in [5, 5.41) is 16.2. The van der Waals surface area contributed by atoms with Crippen LogP contribution in [-0.4, -0.2) is 44.6 Å². The third kappa shape index (κ3) is 4.86. The van der Waals surface area contributed by atoms with Crippen molar-refractivity contribution < 1.29 is 19.8 Å². The molecule has 0 saturated carbocycles. The van der Waals surface area contributed by atoms with Crippen LogP contribution in [0.5, 0.6) is 0 Å². The van der Waals surface area contributed by atoms with Gasteiger partial charge < -0.3 is 15.2 Å². The summed E-state index contributed by atoms with van der Waals surface area (Å²) >= 11 is 0. The van der Waals surface area contributed by atoms with Crippen molar-refractivity contribution >= 4 is 22.8 Å². The van der Waals surface area contributed by atoms with E-state index in [2.05, 4.69) is 64.5 Å². The van der Waals surface area contributed by atoms with Crippen LogP contribution in [0.25, 0.3) is 10.9 Å². The predicted octanol–water partition coefficient (Wildman–Crippen LogP) is 4.80. The first-order valence-electron chi connectivity index (χ1n) is 11.4. The molecule has 2 atom stereocenters. The molecule has 6 heteroatoms. The minimum atomic E-state index is -1.82. The molecule has 3 aromatic rings. The minimum absolute atomic E-state index is 0.630. The highest BCUT2D eigenvalue weighted by molar-refractivity contribution is 6.27. The number of nitrogens with zero attached hydrogens (tertiary/aromatic N) is 1. The van der Waals surface area contributed by atoms with Gasteiger partial charge in [-0.05, 0) is 62.3 Å². The zero-order valence-electron chi connectivity index (χ0n) is 18.2. The van der Waals surface area contributed by atoms with Crippen molar-refractivity contribution in [3.63, 3.8) is 0 Å². The van der Waals surface area contributed by atoms with E-state index >= 15 is 0 Å². The van der Waals surface area contributed by atoms with Gasteiger partial charge in [0, 0.05) is 35.1 Å². The van der Waals surface area contributed by atoms with Crippen LogP contribution in [0.2, 0.25) is 0 Å². The van der Waals surface area contributed by atoms with Crippen LogP contribution in [0.3, 0.4) is 0 Å². The Balaban J connectivity index is 0.000000363. The maximum atomic E-state index is 9.10. The van der Waals surface area contributed by atoms with Gasteiger partial charge in [-0.3, -0.25) is 4.90 Å². The van der Waals surface area contributed by atoms with Gasteiger partial charge in [0.2, 0.25) is 0 Å². The average molecular weight is 435 g/mol. The number of aryl methyl sites for hydroxylation is 1. The van der Waals surface area contributed by atoms with Crippen LogP contribution in [0.4, 0.5) is 0 Å². The molecule has 0 amide bonds. The van der Waals surface area contributed by atoms with E-state index in [4.69, 9.17) is 19.8 Å². The SMILES string of the molecule is O=C(O)C(=O)O.c1ccc(CCCCN2C3CCCC2c2c([nH]c4ccccc24)C3)cc1. The standard InChI is InChI=1S/C24H28N2.C2H2O4/c1-2-9-18(10-3-1)11-6-7-16-26-19-12-8-15-23(26)24-20-13-4-5-14-21(20)25-22(24)17-19;3-1(4)2(5)6/h1-5,9-10,13-14,19,23,25H,6-8,11-12,15-17H2;(H,3,4)(H,5,6). The largest absolute Gasteiger partial charge is 0.473 e. The number of rotatable bonds is 5. The van der Waals surface area contributed by atoms with E-state index in [9.17, 15) is 0 Å². The number of carboxylic acid groups (broad SMARTS) is 2. The Morgan fingerprint density at radius 3 is 2.41 bits per heavy atom. The maximum absolute atomic E-state index is 9.10. The highest BCUT2D eigenvalue weighted by atomic mass is 16.4. The second kappa shape index (κ2) is 10.0. The topological polar surface area (TPSA) is 93.6 Å². The third-order valence-electron chi connectivity index (χ3n) is 6.64. The molecular formula is C26H30N2O4. The van der Waals surface area contributed by atoms with E-state index in [0.717, 1.165) is 6.04 Å². The first-order chi connectivity index (χ1) is 15.5. The smallest absolute Gasteiger partial charge is 0.414 e. The van der Waals surface area contributed by atoms with Gasteiger partial charge in [0.25, 0.3) is 0 Å². The summed E-state index contributed by atoms with van der Waals surface area (Å²) in [4.78, 5) is 24.8. The van der Waals surface area contributed by atoms with Crippen LogP contribution >= 0.6 is 0 Å². The van der Waals surface area contributed by atoms with E-state index in [0.29, 0.717) is 6.04 Å². The number of para-hydroxylation sites is 1. The minimum Gasteiger partial charge on any atom is -0.473 e. The van der Waals surface area contributed by atoms with Gasteiger partial charge in [0.1, 0.15) is 0 Å². The summed E-state index contributed by atoms with van der Waals surface area (Å²) in [5.41, 5.74) is 5.93. The monoisotopic (exact) mass is 434 g/mol. The Morgan fingerprint density at radius 2 is 1.66 bits per heavy atom.